The van der Waals surface area contributed by atoms with Crippen LogP contribution in [0, 0.1) is 5.41 Å². The predicted molar refractivity (Wildman–Crippen MR) is 59.1 cm³/mol. The van der Waals surface area contributed by atoms with Crippen molar-refractivity contribution in [3.63, 3.8) is 0 Å². The van der Waals surface area contributed by atoms with Gasteiger partial charge in [-0.25, -0.2) is 4.98 Å². The highest BCUT2D eigenvalue weighted by atomic mass is 32.1. The summed E-state index contributed by atoms with van der Waals surface area (Å²) in [6.07, 6.45) is 2.73. The van der Waals surface area contributed by atoms with Crippen LogP contribution in [0.25, 0.3) is 0 Å². The standard InChI is InChI=1S/C10H17N3S/c1-10(2-3-10)7-12-5-8-6-14-9(4-11)13-8/h6,12H,2-5,7,11H2,1H3. The molecule has 0 atom stereocenters. The van der Waals surface area contributed by atoms with Crippen molar-refractivity contribution < 1.29 is 0 Å². The van der Waals surface area contributed by atoms with Crippen molar-refractivity contribution in [2.75, 3.05) is 6.54 Å². The Balaban J connectivity index is 1.74. The van der Waals surface area contributed by atoms with Crippen molar-refractivity contribution in [3.05, 3.63) is 16.1 Å². The second-order valence-corrected chi connectivity index (χ2v) is 5.29. The largest absolute Gasteiger partial charge is 0.325 e. The molecule has 1 aromatic heterocycles. The van der Waals surface area contributed by atoms with Crippen LogP contribution in [0.2, 0.25) is 0 Å². The number of aromatic nitrogens is 1. The molecule has 0 radical (unpaired) electrons. The Bertz CT molecular complexity index is 304. The van der Waals surface area contributed by atoms with Gasteiger partial charge in [-0.3, -0.25) is 0 Å². The van der Waals surface area contributed by atoms with Gasteiger partial charge in [0.15, 0.2) is 0 Å². The lowest BCUT2D eigenvalue weighted by Gasteiger charge is -2.07. The van der Waals surface area contributed by atoms with E-state index in [1.807, 2.05) is 0 Å². The van der Waals surface area contributed by atoms with Crippen LogP contribution in [-0.2, 0) is 13.1 Å². The normalized spacial score (nSPS) is 18.4. The predicted octanol–water partition coefficient (Wildman–Crippen LogP) is 1.49. The fourth-order valence-electron chi connectivity index (χ4n) is 1.41. The van der Waals surface area contributed by atoms with Crippen molar-refractivity contribution in [3.8, 4) is 0 Å². The number of nitrogens with two attached hydrogens (primary N) is 1. The molecule has 14 heavy (non-hydrogen) atoms. The highest BCUT2D eigenvalue weighted by molar-refractivity contribution is 7.09. The molecule has 0 amide bonds. The molecule has 2 rings (SSSR count). The molecule has 4 heteroatoms. The van der Waals surface area contributed by atoms with E-state index in [1.165, 1.54) is 12.8 Å². The molecule has 3 nitrogen and oxygen atoms in total. The van der Waals surface area contributed by atoms with Crippen LogP contribution in [0.1, 0.15) is 30.5 Å². The lowest BCUT2D eigenvalue weighted by Crippen LogP contribution is -2.21. The van der Waals surface area contributed by atoms with Crippen LogP contribution in [0.5, 0.6) is 0 Å². The Morgan fingerprint density at radius 3 is 3.00 bits per heavy atom. The van der Waals surface area contributed by atoms with Gasteiger partial charge in [-0.05, 0) is 18.3 Å². The monoisotopic (exact) mass is 211 g/mol. The summed E-state index contributed by atoms with van der Waals surface area (Å²) in [5, 5.41) is 6.56. The highest BCUT2D eigenvalue weighted by Crippen LogP contribution is 2.44. The molecule has 0 bridgehead atoms. The molecular weight excluding hydrogens is 194 g/mol. The van der Waals surface area contributed by atoms with E-state index in [2.05, 4.69) is 22.6 Å². The third-order valence-electron chi connectivity index (χ3n) is 2.74. The van der Waals surface area contributed by atoms with Crippen molar-refractivity contribution in [1.29, 1.82) is 0 Å². The van der Waals surface area contributed by atoms with E-state index in [-0.39, 0.29) is 0 Å². The Kier molecular flexibility index (Phi) is 2.85. The minimum atomic E-state index is 0.558. The number of hydrogen-bond acceptors (Lipinski definition) is 4. The highest BCUT2D eigenvalue weighted by Gasteiger charge is 2.36. The van der Waals surface area contributed by atoms with Crippen LogP contribution >= 0.6 is 11.3 Å². The van der Waals surface area contributed by atoms with Gasteiger partial charge in [-0.15, -0.1) is 11.3 Å². The van der Waals surface area contributed by atoms with E-state index in [0.29, 0.717) is 12.0 Å². The molecule has 78 valence electrons. The summed E-state index contributed by atoms with van der Waals surface area (Å²) >= 11 is 1.65. The molecule has 0 aromatic carbocycles. The van der Waals surface area contributed by atoms with Crippen molar-refractivity contribution in [2.24, 2.45) is 11.1 Å². The van der Waals surface area contributed by atoms with Gasteiger partial charge in [0.1, 0.15) is 5.01 Å². The SMILES string of the molecule is CC1(CNCc2csc(CN)n2)CC1. The second-order valence-electron chi connectivity index (χ2n) is 4.35. The van der Waals surface area contributed by atoms with Gasteiger partial charge in [0.25, 0.3) is 0 Å². The zero-order valence-corrected chi connectivity index (χ0v) is 9.36. The van der Waals surface area contributed by atoms with E-state index < -0.39 is 0 Å². The van der Waals surface area contributed by atoms with Crippen LogP contribution in [0.15, 0.2) is 5.38 Å². The van der Waals surface area contributed by atoms with E-state index in [0.717, 1.165) is 23.8 Å². The van der Waals surface area contributed by atoms with E-state index in [1.54, 1.807) is 11.3 Å². The maximum atomic E-state index is 5.50. The minimum absolute atomic E-state index is 0.558. The van der Waals surface area contributed by atoms with E-state index in [9.17, 15) is 0 Å². The first-order chi connectivity index (χ1) is 6.72. The van der Waals surface area contributed by atoms with Crippen LogP contribution in [-0.4, -0.2) is 11.5 Å². The zero-order chi connectivity index (χ0) is 10.0. The Morgan fingerprint density at radius 1 is 1.64 bits per heavy atom. The van der Waals surface area contributed by atoms with Gasteiger partial charge >= 0.3 is 0 Å². The van der Waals surface area contributed by atoms with Crippen LogP contribution in [0.4, 0.5) is 0 Å². The third-order valence-corrected chi connectivity index (χ3v) is 3.66. The molecule has 0 saturated heterocycles. The molecule has 1 heterocycles. The minimum Gasteiger partial charge on any atom is -0.325 e. The summed E-state index contributed by atoms with van der Waals surface area (Å²) in [5.74, 6) is 0. The maximum absolute atomic E-state index is 5.50. The molecule has 0 aliphatic heterocycles. The topological polar surface area (TPSA) is 50.9 Å². The van der Waals surface area contributed by atoms with Crippen LogP contribution in [0.3, 0.4) is 0 Å². The molecule has 1 saturated carbocycles. The summed E-state index contributed by atoms with van der Waals surface area (Å²) in [4.78, 5) is 4.40. The Labute approximate surface area is 88.7 Å². The first kappa shape index (κ1) is 10.1. The first-order valence-corrected chi connectivity index (χ1v) is 5.94. The number of nitrogens with zero attached hydrogens (tertiary/aromatic N) is 1. The molecule has 3 N–H and O–H groups in total. The number of hydrogen-bond donors (Lipinski definition) is 2. The summed E-state index contributed by atoms with van der Waals surface area (Å²) in [6.45, 7) is 4.88. The Morgan fingerprint density at radius 2 is 2.43 bits per heavy atom. The number of rotatable bonds is 5. The molecule has 1 aromatic rings. The van der Waals surface area contributed by atoms with Crippen molar-refractivity contribution in [2.45, 2.75) is 32.9 Å². The molecule has 1 fully saturated rings. The quantitative estimate of drug-likeness (QED) is 0.776. The molecule has 0 unspecified atom stereocenters. The molecule has 0 spiro atoms. The fraction of sp³-hybridized carbons (Fsp3) is 0.700. The van der Waals surface area contributed by atoms with E-state index in [4.69, 9.17) is 5.73 Å². The van der Waals surface area contributed by atoms with Crippen molar-refractivity contribution in [1.82, 2.24) is 10.3 Å². The zero-order valence-electron chi connectivity index (χ0n) is 8.55. The fourth-order valence-corrected chi connectivity index (χ4v) is 2.08. The summed E-state index contributed by atoms with van der Waals surface area (Å²) in [5.41, 5.74) is 7.20. The first-order valence-electron chi connectivity index (χ1n) is 5.06. The average molecular weight is 211 g/mol. The third kappa shape index (κ3) is 2.53. The summed E-state index contributed by atoms with van der Waals surface area (Å²) < 4.78 is 0. The lowest BCUT2D eigenvalue weighted by molar-refractivity contribution is 0.497. The average Bonchev–Trinajstić information content (AvgIpc) is 2.75. The summed E-state index contributed by atoms with van der Waals surface area (Å²) in [6, 6.07) is 0. The lowest BCUT2D eigenvalue weighted by atomic mass is 10.1. The van der Waals surface area contributed by atoms with Gasteiger partial charge in [-0.2, -0.15) is 0 Å². The molecular formula is C10H17N3S. The van der Waals surface area contributed by atoms with E-state index >= 15 is 0 Å². The van der Waals surface area contributed by atoms with Gasteiger partial charge in [-0.1, -0.05) is 6.92 Å². The van der Waals surface area contributed by atoms with Gasteiger partial charge in [0.2, 0.25) is 0 Å². The van der Waals surface area contributed by atoms with Crippen LogP contribution < -0.4 is 11.1 Å². The summed E-state index contributed by atoms with van der Waals surface area (Å²) in [7, 11) is 0. The number of thiazole rings is 1. The number of nitrogens with one attached hydrogen (secondary N) is 1. The molecule has 1 aliphatic rings. The van der Waals surface area contributed by atoms with Crippen molar-refractivity contribution >= 4 is 11.3 Å². The van der Waals surface area contributed by atoms with Gasteiger partial charge in [0, 0.05) is 25.0 Å². The molecule has 1 aliphatic carbocycles. The van der Waals surface area contributed by atoms with Gasteiger partial charge < -0.3 is 11.1 Å². The van der Waals surface area contributed by atoms with Gasteiger partial charge in [0.05, 0.1) is 5.69 Å². The maximum Gasteiger partial charge on any atom is 0.106 e. The smallest absolute Gasteiger partial charge is 0.106 e. The Hall–Kier alpha value is -0.450. The second kappa shape index (κ2) is 3.96.